The van der Waals surface area contributed by atoms with Gasteiger partial charge < -0.3 is 9.64 Å². The van der Waals surface area contributed by atoms with E-state index in [1.54, 1.807) is 36.3 Å². The Kier molecular flexibility index (Phi) is 5.03. The van der Waals surface area contributed by atoms with E-state index in [0.29, 0.717) is 30.6 Å². The van der Waals surface area contributed by atoms with Gasteiger partial charge in [0.15, 0.2) is 5.69 Å². The molecule has 2 amide bonds. The number of nitrogens with zero attached hydrogens (tertiary/aromatic N) is 3. The summed E-state index contributed by atoms with van der Waals surface area (Å²) in [6.07, 6.45) is 1.36. The van der Waals surface area contributed by atoms with E-state index in [2.05, 4.69) is 10.5 Å². The van der Waals surface area contributed by atoms with Crippen LogP contribution < -0.4 is 15.1 Å². The van der Waals surface area contributed by atoms with Crippen molar-refractivity contribution in [2.75, 3.05) is 24.0 Å². The number of hydrogen-bond acceptors (Lipinski definition) is 4. The van der Waals surface area contributed by atoms with Gasteiger partial charge in [0.2, 0.25) is 0 Å². The molecule has 0 spiro atoms. The standard InChI is InChI=1S/C22H22N4O3/c1-3-19-18-13-14-25(16-9-11-17(29-2)12-10-16)22(28)20(18)26(23-19)24-21(27)15-7-5-4-6-8-15/h4-12H,3,13-14H2,1-2H3,(H,24,27). The number of benzene rings is 2. The number of rotatable bonds is 5. The van der Waals surface area contributed by atoms with Gasteiger partial charge in [-0.2, -0.15) is 9.89 Å². The topological polar surface area (TPSA) is 76.5 Å². The lowest BCUT2D eigenvalue weighted by molar-refractivity contribution is 0.0968. The van der Waals surface area contributed by atoms with Crippen LogP contribution in [0.25, 0.3) is 0 Å². The van der Waals surface area contributed by atoms with Gasteiger partial charge in [-0.25, -0.2) is 5.43 Å². The minimum absolute atomic E-state index is 0.183. The van der Waals surface area contributed by atoms with Crippen LogP contribution in [0.5, 0.6) is 5.75 Å². The summed E-state index contributed by atoms with van der Waals surface area (Å²) in [5.74, 6) is 0.234. The number of carbonyl (C=O) groups is 2. The van der Waals surface area contributed by atoms with E-state index in [-0.39, 0.29) is 11.8 Å². The zero-order valence-electron chi connectivity index (χ0n) is 16.4. The SMILES string of the molecule is CCc1nn(NC(=O)c2ccccc2)c2c1CCN(c1ccc(OC)cc1)C2=O. The molecule has 7 nitrogen and oxygen atoms in total. The van der Waals surface area contributed by atoms with Gasteiger partial charge in [-0.05, 0) is 49.2 Å². The number of aromatic nitrogens is 2. The maximum absolute atomic E-state index is 13.3. The fourth-order valence-corrected chi connectivity index (χ4v) is 3.55. The molecule has 2 heterocycles. The Morgan fingerprint density at radius 3 is 2.52 bits per heavy atom. The van der Waals surface area contributed by atoms with E-state index in [9.17, 15) is 9.59 Å². The van der Waals surface area contributed by atoms with Crippen molar-refractivity contribution in [1.29, 1.82) is 0 Å². The quantitative estimate of drug-likeness (QED) is 0.727. The fraction of sp³-hybridized carbons (Fsp3) is 0.227. The highest BCUT2D eigenvalue weighted by molar-refractivity contribution is 6.08. The van der Waals surface area contributed by atoms with Gasteiger partial charge in [0.25, 0.3) is 11.8 Å². The van der Waals surface area contributed by atoms with Gasteiger partial charge in [0.1, 0.15) is 5.75 Å². The number of hydrogen-bond donors (Lipinski definition) is 1. The smallest absolute Gasteiger partial charge is 0.279 e. The van der Waals surface area contributed by atoms with Crippen LogP contribution in [-0.2, 0) is 12.8 Å². The Morgan fingerprint density at radius 1 is 1.14 bits per heavy atom. The Morgan fingerprint density at radius 2 is 1.86 bits per heavy atom. The second kappa shape index (κ2) is 7.79. The molecule has 0 saturated carbocycles. The molecule has 2 aromatic carbocycles. The molecule has 0 aliphatic carbocycles. The molecule has 0 radical (unpaired) electrons. The number of carbonyl (C=O) groups excluding carboxylic acids is 2. The molecule has 0 bridgehead atoms. The average molecular weight is 390 g/mol. The molecule has 0 atom stereocenters. The fourth-order valence-electron chi connectivity index (χ4n) is 3.55. The summed E-state index contributed by atoms with van der Waals surface area (Å²) in [7, 11) is 1.60. The third-order valence-corrected chi connectivity index (χ3v) is 5.06. The van der Waals surface area contributed by atoms with Crippen molar-refractivity contribution in [3.63, 3.8) is 0 Å². The van der Waals surface area contributed by atoms with Crippen LogP contribution >= 0.6 is 0 Å². The summed E-state index contributed by atoms with van der Waals surface area (Å²) in [5.41, 5.74) is 6.18. The molecule has 1 N–H and O–H groups in total. The van der Waals surface area contributed by atoms with E-state index in [0.717, 1.165) is 22.7 Å². The minimum Gasteiger partial charge on any atom is -0.497 e. The van der Waals surface area contributed by atoms with Gasteiger partial charge >= 0.3 is 0 Å². The largest absolute Gasteiger partial charge is 0.497 e. The number of ether oxygens (including phenoxy) is 1. The number of amides is 2. The molecular weight excluding hydrogens is 368 g/mol. The monoisotopic (exact) mass is 390 g/mol. The van der Waals surface area contributed by atoms with Crippen LogP contribution in [-0.4, -0.2) is 35.4 Å². The third kappa shape index (κ3) is 3.47. The zero-order valence-corrected chi connectivity index (χ0v) is 16.4. The van der Waals surface area contributed by atoms with Crippen LogP contribution in [0.4, 0.5) is 5.69 Å². The maximum atomic E-state index is 13.3. The summed E-state index contributed by atoms with van der Waals surface area (Å²) in [4.78, 5) is 29.0. The van der Waals surface area contributed by atoms with Gasteiger partial charge in [0.05, 0.1) is 12.8 Å². The van der Waals surface area contributed by atoms with E-state index in [1.165, 1.54) is 4.79 Å². The van der Waals surface area contributed by atoms with Gasteiger partial charge in [-0.1, -0.05) is 25.1 Å². The Bertz CT molecular complexity index is 1040. The lowest BCUT2D eigenvalue weighted by Crippen LogP contribution is -2.40. The molecule has 4 rings (SSSR count). The summed E-state index contributed by atoms with van der Waals surface area (Å²) >= 11 is 0. The molecule has 0 unspecified atom stereocenters. The summed E-state index contributed by atoms with van der Waals surface area (Å²) in [6, 6.07) is 16.2. The molecule has 1 aromatic heterocycles. The summed E-state index contributed by atoms with van der Waals surface area (Å²) in [5, 5.41) is 4.50. The van der Waals surface area contributed by atoms with Crippen molar-refractivity contribution < 1.29 is 14.3 Å². The Labute approximate surface area is 168 Å². The Hall–Kier alpha value is -3.61. The molecule has 1 aliphatic heterocycles. The zero-order chi connectivity index (χ0) is 20.4. The molecule has 29 heavy (non-hydrogen) atoms. The maximum Gasteiger partial charge on any atom is 0.279 e. The first-order valence-electron chi connectivity index (χ1n) is 9.55. The number of anilines is 1. The average Bonchev–Trinajstić information content (AvgIpc) is 3.13. The van der Waals surface area contributed by atoms with Crippen molar-refractivity contribution in [1.82, 2.24) is 9.89 Å². The van der Waals surface area contributed by atoms with Gasteiger partial charge in [-0.15, -0.1) is 0 Å². The number of aryl methyl sites for hydroxylation is 1. The third-order valence-electron chi connectivity index (χ3n) is 5.06. The van der Waals surface area contributed by atoms with Gasteiger partial charge in [0, 0.05) is 23.4 Å². The highest BCUT2D eigenvalue weighted by Gasteiger charge is 2.33. The molecule has 0 saturated heterocycles. The number of nitrogens with one attached hydrogen (secondary N) is 1. The molecule has 3 aromatic rings. The second-order valence-electron chi connectivity index (χ2n) is 6.75. The first-order chi connectivity index (χ1) is 14.1. The normalized spacial score (nSPS) is 13.2. The predicted molar refractivity (Wildman–Crippen MR) is 110 cm³/mol. The molecule has 1 aliphatic rings. The van der Waals surface area contributed by atoms with Crippen LogP contribution in [0, 0.1) is 0 Å². The molecule has 7 heteroatoms. The molecular formula is C22H22N4O3. The van der Waals surface area contributed by atoms with Gasteiger partial charge in [-0.3, -0.25) is 9.59 Å². The van der Waals surface area contributed by atoms with Crippen molar-refractivity contribution in [3.05, 3.63) is 77.1 Å². The lowest BCUT2D eigenvalue weighted by atomic mass is 10.0. The van der Waals surface area contributed by atoms with E-state index in [4.69, 9.17) is 4.74 Å². The molecule has 0 fully saturated rings. The van der Waals surface area contributed by atoms with Crippen molar-refractivity contribution in [3.8, 4) is 5.75 Å². The predicted octanol–water partition coefficient (Wildman–Crippen LogP) is 3.04. The van der Waals surface area contributed by atoms with E-state index < -0.39 is 0 Å². The summed E-state index contributed by atoms with van der Waals surface area (Å²) in [6.45, 7) is 2.55. The number of fused-ring (bicyclic) bond motifs is 1. The minimum atomic E-state index is -0.312. The highest BCUT2D eigenvalue weighted by atomic mass is 16.5. The first kappa shape index (κ1) is 18.7. The lowest BCUT2D eigenvalue weighted by Gasteiger charge is -2.27. The second-order valence-corrected chi connectivity index (χ2v) is 6.75. The van der Waals surface area contributed by atoms with Crippen LogP contribution in [0.2, 0.25) is 0 Å². The molecule has 148 valence electrons. The Balaban J connectivity index is 1.67. The van der Waals surface area contributed by atoms with Crippen molar-refractivity contribution in [2.45, 2.75) is 19.8 Å². The first-order valence-corrected chi connectivity index (χ1v) is 9.55. The number of methoxy groups -OCH3 is 1. The van der Waals surface area contributed by atoms with Crippen molar-refractivity contribution in [2.24, 2.45) is 0 Å². The van der Waals surface area contributed by atoms with Crippen LogP contribution in [0.3, 0.4) is 0 Å². The van der Waals surface area contributed by atoms with Crippen LogP contribution in [0.15, 0.2) is 54.6 Å². The van der Waals surface area contributed by atoms with E-state index in [1.807, 2.05) is 37.3 Å². The summed E-state index contributed by atoms with van der Waals surface area (Å²) < 4.78 is 5.20. The van der Waals surface area contributed by atoms with Crippen molar-refractivity contribution >= 4 is 17.5 Å². The van der Waals surface area contributed by atoms with Crippen LogP contribution in [0.1, 0.15) is 39.0 Å². The van der Waals surface area contributed by atoms with E-state index >= 15 is 0 Å². The highest BCUT2D eigenvalue weighted by Crippen LogP contribution is 2.28.